The smallest absolute Gasteiger partial charge is 0.280 e. The van der Waals surface area contributed by atoms with Crippen LogP contribution in [0.1, 0.15) is 18.1 Å². The molecule has 0 radical (unpaired) electrons. The van der Waals surface area contributed by atoms with Crippen LogP contribution in [0.15, 0.2) is 18.3 Å². The van der Waals surface area contributed by atoms with Gasteiger partial charge in [-0.05, 0) is 31.6 Å². The molecule has 0 spiro atoms. The van der Waals surface area contributed by atoms with E-state index in [1.54, 1.807) is 13.1 Å². The van der Waals surface area contributed by atoms with Crippen LogP contribution in [0, 0.1) is 10.1 Å². The van der Waals surface area contributed by atoms with Crippen LogP contribution in [-0.2, 0) is 0 Å². The first-order valence-corrected chi connectivity index (χ1v) is 6.16. The zero-order valence-corrected chi connectivity index (χ0v) is 10.9. The van der Waals surface area contributed by atoms with Gasteiger partial charge in [-0.15, -0.1) is 0 Å². The minimum Gasteiger partial charge on any atom is -0.390 e. The minimum atomic E-state index is -1.19. The van der Waals surface area contributed by atoms with Gasteiger partial charge in [0.15, 0.2) is 0 Å². The number of aliphatic hydroxyl groups is 2. The normalized spacial score (nSPS) is 14.3. The number of aliphatic hydroxyl groups excluding tert-OH is 2. The van der Waals surface area contributed by atoms with Crippen LogP contribution in [-0.4, -0.2) is 45.0 Å². The molecule has 0 amide bonds. The maximum atomic E-state index is 11.0. The fourth-order valence-corrected chi connectivity index (χ4v) is 2.05. The van der Waals surface area contributed by atoms with Gasteiger partial charge < -0.3 is 15.5 Å². The summed E-state index contributed by atoms with van der Waals surface area (Å²) in [7, 11) is 1.74. The summed E-state index contributed by atoms with van der Waals surface area (Å²) in [5, 5.41) is 40.6. The summed E-state index contributed by atoms with van der Waals surface area (Å²) in [5.41, 5.74) is 0.595. The maximum absolute atomic E-state index is 11.0. The molecule has 0 bridgehead atoms. The van der Waals surface area contributed by atoms with Gasteiger partial charge in [0.25, 0.3) is 5.69 Å². The fourth-order valence-electron chi connectivity index (χ4n) is 2.05. The van der Waals surface area contributed by atoms with E-state index in [0.29, 0.717) is 23.9 Å². The highest BCUT2D eigenvalue weighted by Gasteiger charge is 2.23. The molecule has 1 aromatic heterocycles. The molecule has 2 atom stereocenters. The van der Waals surface area contributed by atoms with E-state index < -0.39 is 17.1 Å². The van der Waals surface area contributed by atoms with Gasteiger partial charge in [-0.3, -0.25) is 15.2 Å². The molecule has 0 saturated carbocycles. The monoisotopic (exact) mass is 280 g/mol. The highest BCUT2D eigenvalue weighted by molar-refractivity contribution is 5.88. The van der Waals surface area contributed by atoms with E-state index in [2.05, 4.69) is 15.5 Å². The summed E-state index contributed by atoms with van der Waals surface area (Å²) in [5.74, 6) is 0. The number of hydrogen-bond acceptors (Lipinski definition) is 6. The van der Waals surface area contributed by atoms with E-state index in [-0.39, 0.29) is 11.3 Å². The Labute approximate surface area is 114 Å². The zero-order valence-electron chi connectivity index (χ0n) is 10.9. The van der Waals surface area contributed by atoms with Crippen LogP contribution in [0.2, 0.25) is 0 Å². The quantitative estimate of drug-likeness (QED) is 0.450. The van der Waals surface area contributed by atoms with Gasteiger partial charge >= 0.3 is 0 Å². The Kier molecular flexibility index (Phi) is 4.28. The number of non-ortho nitro benzene ring substituents is 1. The van der Waals surface area contributed by atoms with Crippen molar-refractivity contribution in [3.05, 3.63) is 34.0 Å². The molecule has 8 heteroatoms. The third-order valence-corrected chi connectivity index (χ3v) is 3.15. The molecule has 0 aliphatic carbocycles. The molecule has 0 fully saturated rings. The summed E-state index contributed by atoms with van der Waals surface area (Å²) in [6, 6.07) is 2.83. The van der Waals surface area contributed by atoms with Crippen molar-refractivity contribution in [2.45, 2.75) is 18.6 Å². The third-order valence-electron chi connectivity index (χ3n) is 3.15. The van der Waals surface area contributed by atoms with Gasteiger partial charge in [0.2, 0.25) is 0 Å². The lowest BCUT2D eigenvalue weighted by Crippen LogP contribution is -2.23. The van der Waals surface area contributed by atoms with E-state index in [1.807, 2.05) is 0 Å². The third kappa shape index (κ3) is 2.77. The molecule has 1 aromatic carbocycles. The highest BCUT2D eigenvalue weighted by Crippen LogP contribution is 2.30. The number of benzene rings is 1. The standard InChI is InChI=1S/C12H16N4O4/c1-13-3-2-11(17)12(18)7-4-9-8(6-14-15-9)10(5-7)16(19)20/h4-6,11-13,17-18H,2-3H2,1H3,(H,14,15). The van der Waals surface area contributed by atoms with Crippen molar-refractivity contribution in [2.75, 3.05) is 13.6 Å². The molecule has 2 rings (SSSR count). The fraction of sp³-hybridized carbons (Fsp3) is 0.417. The number of fused-ring (bicyclic) bond motifs is 1. The maximum Gasteiger partial charge on any atom is 0.280 e. The summed E-state index contributed by atoms with van der Waals surface area (Å²) in [6.45, 7) is 0.534. The molecule has 0 saturated heterocycles. The minimum absolute atomic E-state index is 0.147. The zero-order chi connectivity index (χ0) is 14.7. The van der Waals surface area contributed by atoms with Crippen LogP contribution in [0.25, 0.3) is 10.9 Å². The first-order valence-electron chi connectivity index (χ1n) is 6.16. The van der Waals surface area contributed by atoms with E-state index in [9.17, 15) is 20.3 Å². The molecule has 20 heavy (non-hydrogen) atoms. The van der Waals surface area contributed by atoms with Gasteiger partial charge in [-0.2, -0.15) is 5.10 Å². The largest absolute Gasteiger partial charge is 0.390 e. The van der Waals surface area contributed by atoms with Gasteiger partial charge in [-0.1, -0.05) is 0 Å². The number of nitrogens with zero attached hydrogens (tertiary/aromatic N) is 2. The lowest BCUT2D eigenvalue weighted by atomic mass is 10.00. The van der Waals surface area contributed by atoms with E-state index in [0.717, 1.165) is 0 Å². The number of nitro groups is 1. The number of H-pyrrole nitrogens is 1. The van der Waals surface area contributed by atoms with Crippen LogP contribution >= 0.6 is 0 Å². The molecule has 0 aliphatic heterocycles. The van der Waals surface area contributed by atoms with Crippen molar-refractivity contribution in [3.8, 4) is 0 Å². The van der Waals surface area contributed by atoms with Crippen LogP contribution in [0.5, 0.6) is 0 Å². The summed E-state index contributed by atoms with van der Waals surface area (Å²) in [4.78, 5) is 10.5. The van der Waals surface area contributed by atoms with Gasteiger partial charge in [-0.25, -0.2) is 0 Å². The summed E-state index contributed by atoms with van der Waals surface area (Å²) < 4.78 is 0. The van der Waals surface area contributed by atoms with Gasteiger partial charge in [0.05, 0.1) is 28.1 Å². The summed E-state index contributed by atoms with van der Waals surface area (Å²) >= 11 is 0. The Morgan fingerprint density at radius 3 is 2.90 bits per heavy atom. The Hall–Kier alpha value is -2.03. The summed E-state index contributed by atoms with van der Waals surface area (Å²) in [6.07, 6.45) is -0.481. The number of aromatic amines is 1. The average molecular weight is 280 g/mol. The highest BCUT2D eigenvalue weighted by atomic mass is 16.6. The van der Waals surface area contributed by atoms with Crippen molar-refractivity contribution in [3.63, 3.8) is 0 Å². The predicted octanol–water partition coefficient (Wildman–Crippen LogP) is 0.475. The second kappa shape index (κ2) is 5.95. The molecular weight excluding hydrogens is 264 g/mol. The Balaban J connectivity index is 2.36. The molecule has 2 aromatic rings. The Bertz CT molecular complexity index is 613. The van der Waals surface area contributed by atoms with Crippen molar-refractivity contribution in [1.82, 2.24) is 15.5 Å². The van der Waals surface area contributed by atoms with E-state index in [1.165, 1.54) is 12.3 Å². The van der Waals surface area contributed by atoms with Crippen molar-refractivity contribution in [1.29, 1.82) is 0 Å². The topological polar surface area (TPSA) is 124 Å². The number of nitrogens with one attached hydrogen (secondary N) is 2. The van der Waals surface area contributed by atoms with Crippen molar-refractivity contribution < 1.29 is 15.1 Å². The number of rotatable bonds is 6. The second-order valence-corrected chi connectivity index (χ2v) is 4.53. The van der Waals surface area contributed by atoms with Crippen LogP contribution in [0.3, 0.4) is 0 Å². The molecule has 2 unspecified atom stereocenters. The number of nitro benzene ring substituents is 1. The first-order chi connectivity index (χ1) is 9.54. The van der Waals surface area contributed by atoms with Crippen LogP contribution < -0.4 is 5.32 Å². The van der Waals surface area contributed by atoms with E-state index in [4.69, 9.17) is 0 Å². The molecule has 8 nitrogen and oxygen atoms in total. The van der Waals surface area contributed by atoms with Crippen molar-refractivity contribution >= 4 is 16.6 Å². The average Bonchev–Trinajstić information content (AvgIpc) is 2.90. The molecule has 4 N–H and O–H groups in total. The Morgan fingerprint density at radius 2 is 2.25 bits per heavy atom. The van der Waals surface area contributed by atoms with E-state index >= 15 is 0 Å². The SMILES string of the molecule is CNCCC(O)C(O)c1cc([N+](=O)[O-])c2cn[nH]c2c1. The second-order valence-electron chi connectivity index (χ2n) is 4.53. The molecular formula is C12H16N4O4. The first kappa shape index (κ1) is 14.4. The lowest BCUT2D eigenvalue weighted by molar-refractivity contribution is -0.383. The van der Waals surface area contributed by atoms with Gasteiger partial charge in [0.1, 0.15) is 6.10 Å². The predicted molar refractivity (Wildman–Crippen MR) is 72.3 cm³/mol. The van der Waals surface area contributed by atoms with Gasteiger partial charge in [0, 0.05) is 6.07 Å². The molecule has 0 aliphatic rings. The number of hydrogen-bond donors (Lipinski definition) is 4. The Morgan fingerprint density at radius 1 is 1.50 bits per heavy atom. The molecule has 108 valence electrons. The number of aromatic nitrogens is 2. The van der Waals surface area contributed by atoms with Crippen LogP contribution in [0.4, 0.5) is 5.69 Å². The molecule has 1 heterocycles. The van der Waals surface area contributed by atoms with Crippen molar-refractivity contribution in [2.24, 2.45) is 0 Å². The lowest BCUT2D eigenvalue weighted by Gasteiger charge is -2.18.